The van der Waals surface area contributed by atoms with E-state index in [1.54, 1.807) is 14.0 Å². The van der Waals surface area contributed by atoms with Crippen LogP contribution in [0.4, 0.5) is 10.2 Å². The van der Waals surface area contributed by atoms with Crippen LogP contribution in [0.5, 0.6) is 0 Å². The van der Waals surface area contributed by atoms with E-state index in [4.69, 9.17) is 5.73 Å². The van der Waals surface area contributed by atoms with Gasteiger partial charge in [-0.1, -0.05) is 0 Å². The van der Waals surface area contributed by atoms with Crippen molar-refractivity contribution in [3.05, 3.63) is 23.6 Å². The summed E-state index contributed by atoms with van der Waals surface area (Å²) in [7, 11) is 1.57. The number of pyridine rings is 1. The zero-order valence-corrected chi connectivity index (χ0v) is 10.2. The Hall–Kier alpha value is -2.18. The summed E-state index contributed by atoms with van der Waals surface area (Å²) in [6.45, 7) is 1.63. The van der Waals surface area contributed by atoms with Crippen molar-refractivity contribution in [2.45, 2.75) is 19.4 Å². The predicted octanol–water partition coefficient (Wildman–Crippen LogP) is 0.256. The average molecular weight is 254 g/mol. The summed E-state index contributed by atoms with van der Waals surface area (Å²) in [4.78, 5) is 26.3. The lowest BCUT2D eigenvalue weighted by atomic mass is 10.2. The maximum atomic E-state index is 13.0. The van der Waals surface area contributed by atoms with E-state index >= 15 is 0 Å². The number of carbonyl (C=O) groups excluding carboxylic acids is 2. The molecule has 0 saturated heterocycles. The SMILES string of the molecule is CNc1ncc(F)cc1C(=O)NC(C)CC(N)=O. The van der Waals surface area contributed by atoms with Gasteiger partial charge >= 0.3 is 0 Å². The smallest absolute Gasteiger partial charge is 0.255 e. The van der Waals surface area contributed by atoms with Crippen molar-refractivity contribution in [1.82, 2.24) is 10.3 Å². The Balaban J connectivity index is 2.83. The number of anilines is 1. The highest BCUT2D eigenvalue weighted by Gasteiger charge is 2.16. The van der Waals surface area contributed by atoms with Crippen molar-refractivity contribution >= 4 is 17.6 Å². The van der Waals surface area contributed by atoms with Crippen LogP contribution >= 0.6 is 0 Å². The molecule has 0 radical (unpaired) electrons. The Kier molecular flexibility index (Phi) is 4.59. The van der Waals surface area contributed by atoms with E-state index in [1.807, 2.05) is 0 Å². The van der Waals surface area contributed by atoms with Crippen LogP contribution in [-0.2, 0) is 4.79 Å². The number of rotatable bonds is 5. The predicted molar refractivity (Wildman–Crippen MR) is 64.5 cm³/mol. The summed E-state index contributed by atoms with van der Waals surface area (Å²) in [5.41, 5.74) is 5.09. The minimum Gasteiger partial charge on any atom is -0.372 e. The van der Waals surface area contributed by atoms with E-state index in [1.165, 1.54) is 0 Å². The molecule has 0 aliphatic carbocycles. The maximum Gasteiger partial charge on any atom is 0.255 e. The van der Waals surface area contributed by atoms with Gasteiger partial charge in [-0.25, -0.2) is 9.37 Å². The zero-order chi connectivity index (χ0) is 13.7. The van der Waals surface area contributed by atoms with E-state index in [9.17, 15) is 14.0 Å². The summed E-state index contributed by atoms with van der Waals surface area (Å²) in [6, 6.07) is 0.647. The molecule has 0 spiro atoms. The molecule has 0 aliphatic rings. The van der Waals surface area contributed by atoms with Gasteiger partial charge in [0.15, 0.2) is 0 Å². The number of hydrogen-bond acceptors (Lipinski definition) is 4. The maximum absolute atomic E-state index is 13.0. The molecular weight excluding hydrogens is 239 g/mol. The van der Waals surface area contributed by atoms with Gasteiger partial charge in [0.05, 0.1) is 11.8 Å². The highest BCUT2D eigenvalue weighted by Crippen LogP contribution is 2.13. The minimum absolute atomic E-state index is 0.0172. The lowest BCUT2D eigenvalue weighted by Crippen LogP contribution is -2.36. The molecule has 1 aromatic heterocycles. The van der Waals surface area contributed by atoms with E-state index in [2.05, 4.69) is 15.6 Å². The Bertz CT molecular complexity index is 464. The third-order valence-electron chi connectivity index (χ3n) is 2.22. The number of halogens is 1. The van der Waals surface area contributed by atoms with Crippen LogP contribution in [0, 0.1) is 5.82 Å². The van der Waals surface area contributed by atoms with Crippen LogP contribution in [0.25, 0.3) is 0 Å². The Labute approximate surface area is 104 Å². The third kappa shape index (κ3) is 3.69. The second-order valence-corrected chi connectivity index (χ2v) is 3.84. The molecule has 0 fully saturated rings. The number of nitrogens with zero attached hydrogens (tertiary/aromatic N) is 1. The van der Waals surface area contributed by atoms with E-state index < -0.39 is 23.7 Å². The number of hydrogen-bond donors (Lipinski definition) is 3. The number of carbonyl (C=O) groups is 2. The van der Waals surface area contributed by atoms with Crippen molar-refractivity contribution in [2.24, 2.45) is 5.73 Å². The number of primary amides is 1. The van der Waals surface area contributed by atoms with Gasteiger partial charge in [0.1, 0.15) is 11.6 Å². The third-order valence-corrected chi connectivity index (χ3v) is 2.22. The molecule has 98 valence electrons. The lowest BCUT2D eigenvalue weighted by molar-refractivity contribution is -0.118. The Morgan fingerprint density at radius 1 is 1.56 bits per heavy atom. The number of nitrogens with two attached hydrogens (primary N) is 1. The molecule has 7 heteroatoms. The zero-order valence-electron chi connectivity index (χ0n) is 10.2. The van der Waals surface area contributed by atoms with E-state index in [0.29, 0.717) is 0 Å². The van der Waals surface area contributed by atoms with Gasteiger partial charge in [0.25, 0.3) is 5.91 Å². The van der Waals surface area contributed by atoms with E-state index in [0.717, 1.165) is 12.3 Å². The van der Waals surface area contributed by atoms with Gasteiger partial charge in [-0.3, -0.25) is 9.59 Å². The normalized spacial score (nSPS) is 11.7. The quantitative estimate of drug-likeness (QED) is 0.702. The van der Waals surface area contributed by atoms with Crippen molar-refractivity contribution < 1.29 is 14.0 Å². The lowest BCUT2D eigenvalue weighted by Gasteiger charge is -2.13. The molecule has 1 heterocycles. The van der Waals surface area contributed by atoms with Crippen molar-refractivity contribution in [2.75, 3.05) is 12.4 Å². The van der Waals surface area contributed by atoms with Crippen LogP contribution in [-0.4, -0.2) is 29.9 Å². The fraction of sp³-hybridized carbons (Fsp3) is 0.364. The topological polar surface area (TPSA) is 97.1 Å². The van der Waals surface area contributed by atoms with Crippen LogP contribution in [0.2, 0.25) is 0 Å². The van der Waals surface area contributed by atoms with E-state index in [-0.39, 0.29) is 17.8 Å². The summed E-state index contributed by atoms with van der Waals surface area (Å²) >= 11 is 0. The molecule has 1 atom stereocenters. The first-order valence-electron chi connectivity index (χ1n) is 5.36. The van der Waals surface area contributed by atoms with Crippen molar-refractivity contribution in [3.8, 4) is 0 Å². The standard InChI is InChI=1S/C11H15FN4O2/c1-6(3-9(13)17)16-11(18)8-4-7(12)5-15-10(8)14-2/h4-6H,3H2,1-2H3,(H2,13,17)(H,14,15)(H,16,18). The van der Waals surface area contributed by atoms with Crippen molar-refractivity contribution in [1.29, 1.82) is 0 Å². The molecule has 4 N–H and O–H groups in total. The molecule has 0 aliphatic heterocycles. The van der Waals surface area contributed by atoms with Crippen molar-refractivity contribution in [3.63, 3.8) is 0 Å². The summed E-state index contributed by atoms with van der Waals surface area (Å²) in [6.07, 6.45) is 1.03. The van der Waals surface area contributed by atoms with Crippen LogP contribution in [0.3, 0.4) is 0 Å². The van der Waals surface area contributed by atoms with Gasteiger partial charge in [-0.05, 0) is 13.0 Å². The fourth-order valence-electron chi connectivity index (χ4n) is 1.47. The molecule has 1 rings (SSSR count). The second-order valence-electron chi connectivity index (χ2n) is 3.84. The summed E-state index contributed by atoms with van der Waals surface area (Å²) in [5.74, 6) is -1.38. The Morgan fingerprint density at radius 2 is 2.22 bits per heavy atom. The number of nitrogens with one attached hydrogen (secondary N) is 2. The summed E-state index contributed by atoms with van der Waals surface area (Å²) < 4.78 is 13.0. The number of amides is 2. The monoisotopic (exact) mass is 254 g/mol. The van der Waals surface area contributed by atoms with Crippen LogP contribution < -0.4 is 16.4 Å². The molecular formula is C11H15FN4O2. The van der Waals surface area contributed by atoms with Crippen LogP contribution in [0.15, 0.2) is 12.3 Å². The Morgan fingerprint density at radius 3 is 2.78 bits per heavy atom. The largest absolute Gasteiger partial charge is 0.372 e. The highest BCUT2D eigenvalue weighted by atomic mass is 19.1. The molecule has 18 heavy (non-hydrogen) atoms. The molecule has 1 aromatic rings. The van der Waals surface area contributed by atoms with Gasteiger partial charge in [-0.15, -0.1) is 0 Å². The van der Waals surface area contributed by atoms with Crippen LogP contribution in [0.1, 0.15) is 23.7 Å². The minimum atomic E-state index is -0.610. The molecule has 0 saturated carbocycles. The molecule has 0 aromatic carbocycles. The van der Waals surface area contributed by atoms with Gasteiger partial charge in [0.2, 0.25) is 5.91 Å². The first kappa shape index (κ1) is 13.9. The highest BCUT2D eigenvalue weighted by molar-refractivity contribution is 5.99. The summed E-state index contributed by atoms with van der Waals surface area (Å²) in [5, 5.41) is 5.23. The average Bonchev–Trinajstić information content (AvgIpc) is 2.27. The first-order valence-corrected chi connectivity index (χ1v) is 5.36. The molecule has 0 bridgehead atoms. The van der Waals surface area contributed by atoms with Gasteiger partial charge in [-0.2, -0.15) is 0 Å². The molecule has 1 unspecified atom stereocenters. The second kappa shape index (κ2) is 5.95. The number of aromatic nitrogens is 1. The molecule has 6 nitrogen and oxygen atoms in total. The fourth-order valence-corrected chi connectivity index (χ4v) is 1.47. The first-order chi connectivity index (χ1) is 8.43. The molecule has 2 amide bonds. The van der Waals surface area contributed by atoms with Gasteiger partial charge < -0.3 is 16.4 Å². The van der Waals surface area contributed by atoms with Gasteiger partial charge in [0, 0.05) is 19.5 Å².